The highest BCUT2D eigenvalue weighted by atomic mass is 16.3. The highest BCUT2D eigenvalue weighted by Crippen LogP contribution is 1.89. The van der Waals surface area contributed by atoms with E-state index >= 15 is 0 Å². The molecular weight excluding hydrogens is 104 g/mol. The molecule has 0 bridgehead atoms. The molecule has 3 nitrogen and oxygen atoms in total. The lowest BCUT2D eigenvalue weighted by Gasteiger charge is -2.04. The molecule has 0 N–H and O–H groups in total. The predicted molar refractivity (Wildman–Crippen MR) is 33.3 cm³/mol. The molecule has 0 aromatic heterocycles. The minimum absolute atomic E-state index is 0.329. The standard InChI is InChI=1S/C5H12N2O/c1-3-4-5-7(2)6-8/h3-5H2,1-2H3/i5D2. The lowest BCUT2D eigenvalue weighted by Crippen LogP contribution is -2.10. The highest BCUT2D eigenvalue weighted by Gasteiger charge is 1.89. The molecule has 8 heavy (non-hydrogen) atoms. The van der Waals surface area contributed by atoms with E-state index in [0.29, 0.717) is 12.8 Å². The average molecular weight is 118 g/mol. The molecule has 0 radical (unpaired) electrons. The van der Waals surface area contributed by atoms with Gasteiger partial charge < -0.3 is 0 Å². The number of nitroso groups, excluding NO2 is 1. The fourth-order valence-electron chi connectivity index (χ4n) is 0.302. The van der Waals surface area contributed by atoms with Crippen molar-refractivity contribution in [2.75, 3.05) is 13.5 Å². The third-order valence-corrected chi connectivity index (χ3v) is 0.713. The van der Waals surface area contributed by atoms with E-state index < -0.39 is 6.50 Å². The average Bonchev–Trinajstić information content (AvgIpc) is 1.86. The Balaban J connectivity index is 3.94. The lowest BCUT2D eigenvalue weighted by atomic mass is 10.3. The van der Waals surface area contributed by atoms with E-state index in [1.807, 2.05) is 6.92 Å². The molecule has 48 valence electrons. The summed E-state index contributed by atoms with van der Waals surface area (Å²) in [5, 5.41) is 3.29. The Kier molecular flexibility index (Phi) is 2.45. The van der Waals surface area contributed by atoms with E-state index in [4.69, 9.17) is 2.74 Å². The Labute approximate surface area is 52.4 Å². The largest absolute Gasteiger partial charge is 0.264 e. The summed E-state index contributed by atoms with van der Waals surface area (Å²) in [5.74, 6) is 0. The molecule has 3 heteroatoms. The molecule has 0 amide bonds. The summed E-state index contributed by atoms with van der Waals surface area (Å²) in [6.07, 6.45) is 1.03. The summed E-state index contributed by atoms with van der Waals surface area (Å²) in [6.45, 7) is 0.271. The van der Waals surface area contributed by atoms with Crippen LogP contribution in [0.15, 0.2) is 5.29 Å². The third-order valence-electron chi connectivity index (χ3n) is 0.713. The van der Waals surface area contributed by atoms with Gasteiger partial charge in [0, 0.05) is 13.5 Å². The van der Waals surface area contributed by atoms with Gasteiger partial charge in [0.05, 0.1) is 8.03 Å². The first kappa shape index (κ1) is 4.30. The maximum Gasteiger partial charge on any atom is 0.0521 e. The van der Waals surface area contributed by atoms with Gasteiger partial charge in [0.15, 0.2) is 0 Å². The first-order chi connectivity index (χ1) is 4.54. The summed E-state index contributed by atoms with van der Waals surface area (Å²) >= 11 is 0. The summed E-state index contributed by atoms with van der Waals surface area (Å²) in [5.41, 5.74) is 0. The van der Waals surface area contributed by atoms with Crippen molar-refractivity contribution in [2.45, 2.75) is 19.8 Å². The number of rotatable bonds is 4. The maximum absolute atomic E-state index is 9.86. The van der Waals surface area contributed by atoms with Crippen LogP contribution >= 0.6 is 0 Å². The van der Waals surface area contributed by atoms with Crippen LogP contribution in [0.4, 0.5) is 0 Å². The van der Waals surface area contributed by atoms with Crippen molar-refractivity contribution in [3.63, 3.8) is 0 Å². The Hall–Kier alpha value is -0.600. The first-order valence-corrected chi connectivity index (χ1v) is 2.61. The minimum atomic E-state index is -1.59. The van der Waals surface area contributed by atoms with Gasteiger partial charge in [-0.25, -0.2) is 0 Å². The van der Waals surface area contributed by atoms with Crippen molar-refractivity contribution in [2.24, 2.45) is 5.29 Å². The molecule has 0 heterocycles. The zero-order valence-corrected chi connectivity index (χ0v) is 5.22. The van der Waals surface area contributed by atoms with Crippen LogP contribution < -0.4 is 0 Å². The molecule has 0 saturated heterocycles. The molecular formula is C5H12N2O. The molecule has 0 aromatic rings. The zero-order valence-electron chi connectivity index (χ0n) is 7.22. The molecule has 0 aliphatic carbocycles. The van der Waals surface area contributed by atoms with Gasteiger partial charge in [0.1, 0.15) is 0 Å². The fourth-order valence-corrected chi connectivity index (χ4v) is 0.302. The SMILES string of the molecule is [2H]C([2H])(CCC)N(C)N=O. The summed E-state index contributed by atoms with van der Waals surface area (Å²) in [6, 6.07) is 0. The molecule has 0 unspecified atom stereocenters. The van der Waals surface area contributed by atoms with Crippen LogP contribution in [0.3, 0.4) is 0 Å². The van der Waals surface area contributed by atoms with Gasteiger partial charge in [-0.05, 0) is 6.42 Å². The quantitative estimate of drug-likeness (QED) is 0.413. The van der Waals surface area contributed by atoms with Crippen LogP contribution in [0.5, 0.6) is 0 Å². The van der Waals surface area contributed by atoms with Gasteiger partial charge in [-0.2, -0.15) is 0 Å². The van der Waals surface area contributed by atoms with Crippen LogP contribution in [-0.2, 0) is 0 Å². The van der Waals surface area contributed by atoms with Gasteiger partial charge in [-0.1, -0.05) is 13.3 Å². The maximum atomic E-state index is 9.86. The second kappa shape index (κ2) is 4.56. The van der Waals surface area contributed by atoms with Crippen molar-refractivity contribution in [1.82, 2.24) is 5.01 Å². The molecule has 0 atom stereocenters. The van der Waals surface area contributed by atoms with E-state index in [9.17, 15) is 4.91 Å². The van der Waals surface area contributed by atoms with E-state index in [1.165, 1.54) is 7.05 Å². The third kappa shape index (κ3) is 3.59. The predicted octanol–water partition coefficient (Wildman–Crippen LogP) is 1.40. The molecule has 0 aromatic carbocycles. The number of hydrogen-bond donors (Lipinski definition) is 0. The van der Waals surface area contributed by atoms with Crippen LogP contribution in [0, 0.1) is 4.91 Å². The normalized spacial score (nSPS) is 14.2. The van der Waals surface area contributed by atoms with Gasteiger partial charge >= 0.3 is 0 Å². The number of hydrogen-bond acceptors (Lipinski definition) is 2. The van der Waals surface area contributed by atoms with Gasteiger partial charge in [0.2, 0.25) is 0 Å². The van der Waals surface area contributed by atoms with E-state index in [1.54, 1.807) is 0 Å². The van der Waals surface area contributed by atoms with Gasteiger partial charge in [-0.3, -0.25) is 5.01 Å². The first-order valence-electron chi connectivity index (χ1n) is 3.61. The second-order valence-corrected chi connectivity index (χ2v) is 1.51. The van der Waals surface area contributed by atoms with Crippen LogP contribution in [0.25, 0.3) is 0 Å². The van der Waals surface area contributed by atoms with E-state index in [2.05, 4.69) is 5.29 Å². The molecule has 0 fully saturated rings. The van der Waals surface area contributed by atoms with Crippen molar-refractivity contribution in [3.05, 3.63) is 4.91 Å². The summed E-state index contributed by atoms with van der Waals surface area (Å²) in [7, 11) is 1.34. The lowest BCUT2D eigenvalue weighted by molar-refractivity contribution is 0.342. The van der Waals surface area contributed by atoms with Crippen LogP contribution in [0.1, 0.15) is 22.5 Å². The van der Waals surface area contributed by atoms with Crippen LogP contribution in [-0.4, -0.2) is 18.6 Å². The molecule has 0 saturated carbocycles. The Morgan fingerprint density at radius 2 is 2.50 bits per heavy atom. The van der Waals surface area contributed by atoms with Crippen LogP contribution in [0.2, 0.25) is 0 Å². The summed E-state index contributed by atoms with van der Waals surface area (Å²) < 4.78 is 14.5. The van der Waals surface area contributed by atoms with Gasteiger partial charge in [0.25, 0.3) is 0 Å². The molecule has 0 rings (SSSR count). The Morgan fingerprint density at radius 3 is 2.88 bits per heavy atom. The van der Waals surface area contributed by atoms with E-state index in [-0.39, 0.29) is 0 Å². The number of nitrogens with zero attached hydrogens (tertiary/aromatic N) is 2. The smallest absolute Gasteiger partial charge is 0.0521 e. The molecule has 0 spiro atoms. The Bertz CT molecular complexity index is 118. The van der Waals surface area contributed by atoms with Crippen molar-refractivity contribution < 1.29 is 2.74 Å². The van der Waals surface area contributed by atoms with E-state index in [0.717, 1.165) is 5.01 Å². The fraction of sp³-hybridized carbons (Fsp3) is 1.00. The molecule has 0 aliphatic heterocycles. The molecule has 0 aliphatic rings. The van der Waals surface area contributed by atoms with Crippen molar-refractivity contribution in [3.8, 4) is 0 Å². The zero-order chi connectivity index (χ0) is 8.20. The second-order valence-electron chi connectivity index (χ2n) is 1.51. The highest BCUT2D eigenvalue weighted by molar-refractivity contribution is 4.40. The minimum Gasteiger partial charge on any atom is -0.264 e. The van der Waals surface area contributed by atoms with Crippen molar-refractivity contribution >= 4 is 0 Å². The topological polar surface area (TPSA) is 32.7 Å². The summed E-state index contributed by atoms with van der Waals surface area (Å²) in [4.78, 5) is 9.86. The van der Waals surface area contributed by atoms with Crippen molar-refractivity contribution in [1.29, 1.82) is 0 Å². The Morgan fingerprint density at radius 1 is 1.88 bits per heavy atom. The van der Waals surface area contributed by atoms with Gasteiger partial charge in [-0.15, -0.1) is 4.91 Å². The monoisotopic (exact) mass is 118 g/mol.